The standard InChI is InChI=1S/C26H18N4.Pt/c1-3-11-27-24(9-1)16-20-7-5-8-21(15-20)22-17-23(26-10-2-4-12-28-26)19-25(18-22)30-14-6-13-29-30;/h1-14,18-19H,16H2;/q-2;+2. The first-order valence-corrected chi connectivity index (χ1v) is 9.75. The van der Waals surface area contributed by atoms with E-state index in [0.717, 1.165) is 45.7 Å². The second-order valence-electron chi connectivity index (χ2n) is 6.92. The minimum Gasteiger partial charge on any atom is -0.295 e. The first-order valence-electron chi connectivity index (χ1n) is 9.75. The van der Waals surface area contributed by atoms with Crippen molar-refractivity contribution < 1.29 is 21.1 Å². The molecule has 4 nitrogen and oxygen atoms in total. The van der Waals surface area contributed by atoms with Gasteiger partial charge < -0.3 is 0 Å². The van der Waals surface area contributed by atoms with Crippen LogP contribution in [0.1, 0.15) is 11.3 Å². The van der Waals surface area contributed by atoms with Crippen LogP contribution in [0.3, 0.4) is 0 Å². The average molecular weight is 582 g/mol. The molecule has 0 amide bonds. The minimum absolute atomic E-state index is 0. The van der Waals surface area contributed by atoms with Crippen molar-refractivity contribution >= 4 is 0 Å². The molecule has 0 spiro atoms. The number of pyridine rings is 2. The van der Waals surface area contributed by atoms with Gasteiger partial charge in [-0.15, -0.1) is 29.3 Å². The van der Waals surface area contributed by atoms with Gasteiger partial charge in [-0.05, 0) is 36.4 Å². The number of hydrogen-bond donors (Lipinski definition) is 0. The Morgan fingerprint density at radius 2 is 1.55 bits per heavy atom. The van der Waals surface area contributed by atoms with Gasteiger partial charge in [-0.25, -0.2) is 5.56 Å². The van der Waals surface area contributed by atoms with Crippen molar-refractivity contribution in [3.63, 3.8) is 0 Å². The summed E-state index contributed by atoms with van der Waals surface area (Å²) in [5.74, 6) is 0. The zero-order valence-electron chi connectivity index (χ0n) is 16.5. The van der Waals surface area contributed by atoms with Gasteiger partial charge in [-0.3, -0.25) is 14.6 Å². The van der Waals surface area contributed by atoms with Crippen molar-refractivity contribution in [3.8, 4) is 28.1 Å². The first kappa shape index (κ1) is 20.9. The molecule has 0 fully saturated rings. The normalized spacial score (nSPS) is 10.5. The van der Waals surface area contributed by atoms with Gasteiger partial charge in [0.2, 0.25) is 0 Å². The van der Waals surface area contributed by atoms with Gasteiger partial charge in [0.1, 0.15) is 0 Å². The van der Waals surface area contributed by atoms with Crippen LogP contribution in [-0.2, 0) is 27.5 Å². The second-order valence-corrected chi connectivity index (χ2v) is 6.92. The summed E-state index contributed by atoms with van der Waals surface area (Å²) in [6.07, 6.45) is 8.06. The molecule has 0 aliphatic carbocycles. The van der Waals surface area contributed by atoms with E-state index in [9.17, 15) is 0 Å². The molecule has 0 bridgehead atoms. The van der Waals surface area contributed by atoms with Gasteiger partial charge in [0.25, 0.3) is 0 Å². The van der Waals surface area contributed by atoms with Crippen LogP contribution in [-0.4, -0.2) is 19.7 Å². The van der Waals surface area contributed by atoms with Gasteiger partial charge in [0, 0.05) is 36.2 Å². The van der Waals surface area contributed by atoms with Crippen molar-refractivity contribution in [2.45, 2.75) is 6.42 Å². The molecular weight excluding hydrogens is 563 g/mol. The van der Waals surface area contributed by atoms with Crippen LogP contribution in [0, 0.1) is 12.1 Å². The fraction of sp³-hybridized carbons (Fsp3) is 0.0385. The Morgan fingerprint density at radius 3 is 2.29 bits per heavy atom. The number of nitrogens with zero attached hydrogens (tertiary/aromatic N) is 4. The molecule has 0 saturated carbocycles. The van der Waals surface area contributed by atoms with E-state index in [0.29, 0.717) is 0 Å². The van der Waals surface area contributed by atoms with Crippen molar-refractivity contribution in [2.24, 2.45) is 0 Å². The molecule has 3 aromatic heterocycles. The molecule has 2 aromatic carbocycles. The van der Waals surface area contributed by atoms with Gasteiger partial charge in [-0.2, -0.15) is 34.9 Å². The summed E-state index contributed by atoms with van der Waals surface area (Å²) in [6.45, 7) is 0. The number of hydrogen-bond acceptors (Lipinski definition) is 3. The maximum absolute atomic E-state index is 4.50. The monoisotopic (exact) mass is 581 g/mol. The third-order valence-electron chi connectivity index (χ3n) is 4.81. The molecule has 3 heterocycles. The molecule has 0 aliphatic rings. The molecule has 5 rings (SSSR count). The van der Waals surface area contributed by atoms with Gasteiger partial charge in [0.15, 0.2) is 0 Å². The SMILES string of the molecule is [Pt+2].[c-]1c(Cc2ccccn2)cccc1-c1[c-]c(-c2ccccn2)cc(-n2cccn2)c1. The van der Waals surface area contributed by atoms with E-state index in [1.54, 1.807) is 12.4 Å². The Balaban J connectivity index is 0.00000231. The number of aromatic nitrogens is 4. The van der Waals surface area contributed by atoms with Crippen LogP contribution in [0.25, 0.3) is 28.1 Å². The topological polar surface area (TPSA) is 43.6 Å². The third kappa shape index (κ3) is 4.87. The Hall–Kier alpha value is -3.36. The van der Waals surface area contributed by atoms with Crippen LogP contribution < -0.4 is 0 Å². The smallest absolute Gasteiger partial charge is 0.295 e. The Kier molecular flexibility index (Phi) is 6.49. The Bertz CT molecular complexity index is 1250. The molecule has 31 heavy (non-hydrogen) atoms. The largest absolute Gasteiger partial charge is 2.00 e. The molecule has 0 saturated heterocycles. The van der Waals surface area contributed by atoms with Crippen LogP contribution in [0.5, 0.6) is 0 Å². The molecule has 0 unspecified atom stereocenters. The van der Waals surface area contributed by atoms with Gasteiger partial charge in [0.05, 0.1) is 0 Å². The summed E-state index contributed by atoms with van der Waals surface area (Å²) in [4.78, 5) is 8.93. The first-order chi connectivity index (χ1) is 14.8. The van der Waals surface area contributed by atoms with Crippen molar-refractivity contribution in [2.75, 3.05) is 0 Å². The minimum atomic E-state index is 0. The third-order valence-corrected chi connectivity index (χ3v) is 4.81. The molecular formula is C26H18N4Pt. The van der Waals surface area contributed by atoms with E-state index in [-0.39, 0.29) is 21.1 Å². The Labute approximate surface area is 195 Å². The quantitative estimate of drug-likeness (QED) is 0.269. The van der Waals surface area contributed by atoms with E-state index < -0.39 is 0 Å². The predicted octanol–water partition coefficient (Wildman–Crippen LogP) is 5.18. The maximum Gasteiger partial charge on any atom is 2.00 e. The summed E-state index contributed by atoms with van der Waals surface area (Å²) >= 11 is 0. The van der Waals surface area contributed by atoms with Crippen LogP contribution in [0.15, 0.2) is 97.6 Å². The molecule has 0 aliphatic heterocycles. The number of benzene rings is 2. The fourth-order valence-corrected chi connectivity index (χ4v) is 3.39. The van der Waals surface area contributed by atoms with Crippen LogP contribution >= 0.6 is 0 Å². The van der Waals surface area contributed by atoms with Crippen molar-refractivity contribution in [1.82, 2.24) is 19.7 Å². The summed E-state index contributed by atoms with van der Waals surface area (Å²) in [5.41, 5.74) is 6.79. The zero-order valence-corrected chi connectivity index (χ0v) is 18.8. The van der Waals surface area contributed by atoms with Gasteiger partial charge in [-0.1, -0.05) is 18.2 Å². The van der Waals surface area contributed by atoms with E-state index in [2.05, 4.69) is 57.5 Å². The molecule has 152 valence electrons. The number of rotatable bonds is 5. The van der Waals surface area contributed by atoms with E-state index in [4.69, 9.17) is 0 Å². The molecule has 5 heteroatoms. The second kappa shape index (κ2) is 9.63. The summed E-state index contributed by atoms with van der Waals surface area (Å²) in [7, 11) is 0. The van der Waals surface area contributed by atoms with E-state index in [1.165, 1.54) is 0 Å². The van der Waals surface area contributed by atoms with Crippen molar-refractivity contribution in [1.29, 1.82) is 0 Å². The fourth-order valence-electron chi connectivity index (χ4n) is 3.39. The zero-order chi connectivity index (χ0) is 20.2. The molecule has 5 aromatic rings. The Morgan fingerprint density at radius 1 is 0.710 bits per heavy atom. The summed E-state index contributed by atoms with van der Waals surface area (Å²) < 4.78 is 1.85. The predicted molar refractivity (Wildman–Crippen MR) is 117 cm³/mol. The van der Waals surface area contributed by atoms with Crippen LogP contribution in [0.2, 0.25) is 0 Å². The molecule has 0 radical (unpaired) electrons. The average Bonchev–Trinajstić information content (AvgIpc) is 3.35. The summed E-state index contributed by atoms with van der Waals surface area (Å²) in [6, 6.07) is 31.1. The van der Waals surface area contributed by atoms with Gasteiger partial charge >= 0.3 is 21.1 Å². The van der Waals surface area contributed by atoms with E-state index >= 15 is 0 Å². The summed E-state index contributed by atoms with van der Waals surface area (Å²) in [5, 5.41) is 4.39. The van der Waals surface area contributed by atoms with Crippen molar-refractivity contribution in [3.05, 3.63) is 121 Å². The maximum atomic E-state index is 4.50. The van der Waals surface area contributed by atoms with E-state index in [1.807, 2.05) is 59.5 Å². The molecule has 0 N–H and O–H groups in total. The van der Waals surface area contributed by atoms with Crippen LogP contribution in [0.4, 0.5) is 0 Å². The molecule has 0 atom stereocenters.